The number of carboxylic acid groups (broad SMARTS) is 1. The van der Waals surface area contributed by atoms with Gasteiger partial charge in [-0.1, -0.05) is 44.2 Å². The number of fused-ring (bicyclic) bond motifs is 1. The average molecular weight is 595 g/mol. The van der Waals surface area contributed by atoms with Crippen LogP contribution < -0.4 is 4.74 Å². The molecule has 1 N–H and O–H groups in total. The number of hydrogen-bond acceptors (Lipinski definition) is 6. The zero-order chi connectivity index (χ0) is 31.0. The fourth-order valence-electron chi connectivity index (χ4n) is 5.49. The highest BCUT2D eigenvalue weighted by molar-refractivity contribution is 5.93. The molecule has 0 bridgehead atoms. The summed E-state index contributed by atoms with van der Waals surface area (Å²) in [4.78, 5) is 20.8. The molecule has 1 atom stereocenters. The number of imidazole rings is 1. The van der Waals surface area contributed by atoms with Crippen molar-refractivity contribution >= 4 is 17.0 Å². The van der Waals surface area contributed by atoms with E-state index in [1.807, 2.05) is 26.0 Å². The number of hydrogen-bond donors (Lipinski definition) is 1. The van der Waals surface area contributed by atoms with E-state index in [1.165, 1.54) is 12.1 Å². The van der Waals surface area contributed by atoms with Crippen LogP contribution in [0.1, 0.15) is 52.8 Å². The van der Waals surface area contributed by atoms with Gasteiger partial charge in [0.15, 0.2) is 5.82 Å². The first-order valence-corrected chi connectivity index (χ1v) is 14.0. The third-order valence-corrected chi connectivity index (χ3v) is 7.92. The van der Waals surface area contributed by atoms with Gasteiger partial charge in [-0.25, -0.2) is 23.5 Å². The number of aromatic nitrogens is 3. The minimum atomic E-state index is -1.25. The molecule has 1 aliphatic heterocycles. The van der Waals surface area contributed by atoms with Crippen molar-refractivity contribution < 1.29 is 28.2 Å². The molecule has 2 aromatic heterocycles. The summed E-state index contributed by atoms with van der Waals surface area (Å²) in [7, 11) is 0. The summed E-state index contributed by atoms with van der Waals surface area (Å²) < 4.78 is 44.1. The number of carbonyl (C=O) groups is 1. The van der Waals surface area contributed by atoms with E-state index in [9.17, 15) is 9.90 Å². The molecule has 0 radical (unpaired) electrons. The fourth-order valence-corrected chi connectivity index (χ4v) is 5.49. The molecule has 1 fully saturated rings. The Kier molecular flexibility index (Phi) is 7.57. The Bertz CT molecular complexity index is 1930. The summed E-state index contributed by atoms with van der Waals surface area (Å²) in [5.74, 6) is -1.71. The van der Waals surface area contributed by atoms with Gasteiger partial charge in [-0.15, -0.1) is 0 Å². The first-order chi connectivity index (χ1) is 21.1. The summed E-state index contributed by atoms with van der Waals surface area (Å²) in [5, 5.41) is 18.5. The molecule has 8 nitrogen and oxygen atoms in total. The Labute approximate surface area is 252 Å². The summed E-state index contributed by atoms with van der Waals surface area (Å²) in [6.07, 6.45) is 0.0520. The first-order valence-electron chi connectivity index (χ1n) is 14.0. The lowest BCUT2D eigenvalue weighted by Gasteiger charge is -2.28. The van der Waals surface area contributed by atoms with Gasteiger partial charge in [-0.3, -0.25) is 0 Å². The summed E-state index contributed by atoms with van der Waals surface area (Å²) >= 11 is 0. The Morgan fingerprint density at radius 1 is 1.09 bits per heavy atom. The van der Waals surface area contributed by atoms with Gasteiger partial charge in [0.25, 0.3) is 0 Å². The van der Waals surface area contributed by atoms with Gasteiger partial charge in [0.05, 0.1) is 47.7 Å². The lowest BCUT2D eigenvalue weighted by Crippen LogP contribution is -2.27. The molecule has 222 valence electrons. The molecule has 6 rings (SSSR count). The van der Waals surface area contributed by atoms with Gasteiger partial charge in [-0.2, -0.15) is 5.26 Å². The molecule has 10 heteroatoms. The van der Waals surface area contributed by atoms with Crippen LogP contribution in [0.15, 0.2) is 72.8 Å². The van der Waals surface area contributed by atoms with Crippen LogP contribution in [0.4, 0.5) is 8.78 Å². The molecular weight excluding hydrogens is 566 g/mol. The van der Waals surface area contributed by atoms with Gasteiger partial charge in [0.2, 0.25) is 5.88 Å². The van der Waals surface area contributed by atoms with Crippen molar-refractivity contribution in [1.82, 2.24) is 14.5 Å². The number of aromatic carboxylic acids is 1. The Morgan fingerprint density at radius 3 is 2.57 bits per heavy atom. The first kappa shape index (κ1) is 29.0. The zero-order valence-corrected chi connectivity index (χ0v) is 24.1. The Balaban J connectivity index is 1.29. The monoisotopic (exact) mass is 594 g/mol. The second-order valence-electron chi connectivity index (χ2n) is 11.5. The van der Waals surface area contributed by atoms with Crippen molar-refractivity contribution in [1.29, 1.82) is 5.26 Å². The van der Waals surface area contributed by atoms with E-state index in [-0.39, 0.29) is 35.6 Å². The number of ether oxygens (including phenoxy) is 2. The highest BCUT2D eigenvalue weighted by Gasteiger charge is 2.39. The highest BCUT2D eigenvalue weighted by atomic mass is 19.1. The second kappa shape index (κ2) is 11.5. The Morgan fingerprint density at radius 2 is 1.89 bits per heavy atom. The predicted molar refractivity (Wildman–Crippen MR) is 158 cm³/mol. The van der Waals surface area contributed by atoms with Crippen LogP contribution in [-0.2, 0) is 17.8 Å². The molecule has 0 saturated carbocycles. The normalized spacial score (nSPS) is 15.8. The zero-order valence-electron chi connectivity index (χ0n) is 24.1. The molecule has 1 aliphatic rings. The second-order valence-corrected chi connectivity index (χ2v) is 11.5. The lowest BCUT2D eigenvalue weighted by atomic mass is 9.87. The van der Waals surface area contributed by atoms with Crippen LogP contribution in [0.5, 0.6) is 5.88 Å². The average Bonchev–Trinajstić information content (AvgIpc) is 3.55. The summed E-state index contributed by atoms with van der Waals surface area (Å²) in [6, 6.07) is 21.3. The number of rotatable bonds is 8. The molecule has 1 saturated heterocycles. The SMILES string of the molecule is CC1(C)COC[C@H]1n1c(Cc2ccc(-c3cccc(OCc4ccc(C#N)cc4)n3)cc2F)nc2c(F)cc(C(=O)O)cc21. The fraction of sp³-hybridized carbons (Fsp3) is 0.235. The maximum absolute atomic E-state index is 15.6. The molecule has 0 amide bonds. The highest BCUT2D eigenvalue weighted by Crippen LogP contribution is 2.41. The van der Waals surface area contributed by atoms with Gasteiger partial charge >= 0.3 is 5.97 Å². The molecule has 0 spiro atoms. The van der Waals surface area contributed by atoms with Crippen molar-refractivity contribution in [3.63, 3.8) is 0 Å². The molecule has 3 heterocycles. The quantitative estimate of drug-likeness (QED) is 0.213. The molecule has 0 unspecified atom stereocenters. The number of nitrogens with zero attached hydrogens (tertiary/aromatic N) is 4. The minimum absolute atomic E-state index is 0.0340. The van der Waals surface area contributed by atoms with E-state index in [4.69, 9.17) is 14.7 Å². The third kappa shape index (κ3) is 5.62. The topological polar surface area (TPSA) is 110 Å². The van der Waals surface area contributed by atoms with Gasteiger partial charge < -0.3 is 19.1 Å². The number of carboxylic acids is 1. The Hall–Kier alpha value is -5.14. The minimum Gasteiger partial charge on any atom is -0.478 e. The van der Waals surface area contributed by atoms with E-state index in [1.54, 1.807) is 47.0 Å². The smallest absolute Gasteiger partial charge is 0.335 e. The number of halogens is 2. The van der Waals surface area contributed by atoms with Crippen LogP contribution in [0.3, 0.4) is 0 Å². The summed E-state index contributed by atoms with van der Waals surface area (Å²) in [6.45, 7) is 5.09. The van der Waals surface area contributed by atoms with Crippen LogP contribution in [-0.4, -0.2) is 38.8 Å². The predicted octanol–water partition coefficient (Wildman–Crippen LogP) is 6.71. The van der Waals surface area contributed by atoms with Crippen molar-refractivity contribution in [2.24, 2.45) is 5.41 Å². The van der Waals surface area contributed by atoms with Gasteiger partial charge in [-0.05, 0) is 47.5 Å². The molecule has 3 aromatic carbocycles. The summed E-state index contributed by atoms with van der Waals surface area (Å²) in [5.41, 5.74) is 2.68. The van der Waals surface area contributed by atoms with Crippen LogP contribution in [0.2, 0.25) is 0 Å². The van der Waals surface area contributed by atoms with E-state index in [2.05, 4.69) is 16.0 Å². The van der Waals surface area contributed by atoms with Crippen LogP contribution >= 0.6 is 0 Å². The van der Waals surface area contributed by atoms with Crippen molar-refractivity contribution in [3.05, 3.63) is 113 Å². The molecule has 0 aliphatic carbocycles. The van der Waals surface area contributed by atoms with Crippen LogP contribution in [0.25, 0.3) is 22.3 Å². The third-order valence-electron chi connectivity index (χ3n) is 7.92. The standard InChI is InChI=1S/C34H28F2N4O4/c1-34(2)19-43-18-29(34)40-28-14-24(33(41)42)13-26(36)32(28)39-30(40)15-22-10-11-23(12-25(22)35)27-4-3-5-31(38-27)44-17-21-8-6-20(16-37)7-9-21/h3-14,29H,15,17-19H2,1-2H3,(H,41,42)/t29-/m1/s1. The number of pyridine rings is 1. The van der Waals surface area contributed by atoms with Crippen molar-refractivity contribution in [2.75, 3.05) is 13.2 Å². The van der Waals surface area contributed by atoms with E-state index < -0.39 is 17.6 Å². The molecular formula is C34H28F2N4O4. The largest absolute Gasteiger partial charge is 0.478 e. The lowest BCUT2D eigenvalue weighted by molar-refractivity contribution is 0.0696. The van der Waals surface area contributed by atoms with Gasteiger partial charge in [0.1, 0.15) is 23.8 Å². The van der Waals surface area contributed by atoms with Gasteiger partial charge in [0, 0.05) is 23.5 Å². The number of nitriles is 1. The van der Waals surface area contributed by atoms with E-state index in [0.717, 1.165) is 11.6 Å². The molecule has 5 aromatic rings. The van der Waals surface area contributed by atoms with Crippen LogP contribution in [0, 0.1) is 28.4 Å². The van der Waals surface area contributed by atoms with Crippen molar-refractivity contribution in [2.45, 2.75) is 32.9 Å². The number of benzene rings is 3. The van der Waals surface area contributed by atoms with E-state index in [0.29, 0.717) is 52.8 Å². The maximum atomic E-state index is 15.6. The molecule has 44 heavy (non-hydrogen) atoms. The van der Waals surface area contributed by atoms with E-state index >= 15 is 8.78 Å². The van der Waals surface area contributed by atoms with Crippen molar-refractivity contribution in [3.8, 4) is 23.2 Å². The maximum Gasteiger partial charge on any atom is 0.335 e.